The highest BCUT2D eigenvalue weighted by Gasteiger charge is 2.26. The van der Waals surface area contributed by atoms with E-state index in [1.807, 2.05) is 55.3 Å². The van der Waals surface area contributed by atoms with Crippen molar-refractivity contribution in [2.45, 2.75) is 32.9 Å². The fraction of sp³-hybridized carbons (Fsp3) is 0.444. The Hall–Kier alpha value is -1.92. The quantitative estimate of drug-likeness (QED) is 0.851. The van der Waals surface area contributed by atoms with Gasteiger partial charge in [-0.3, -0.25) is 4.79 Å². The number of nitrogens with zero attached hydrogens (tertiary/aromatic N) is 2. The summed E-state index contributed by atoms with van der Waals surface area (Å²) in [6.45, 7) is 7.79. The Labute approximate surface area is 146 Å². The minimum Gasteiger partial charge on any atom is -0.491 e. The molecule has 1 aliphatic rings. The standard InChI is InChI=1S/C18H22N2O3S/c1-12(2)23-15-6-4-14(5-7-15)17-19-16(11-24-17)18(21)20-8-9-22-10-13(20)3/h4-7,11-13H,8-10H2,1-3H3. The first kappa shape index (κ1) is 16.9. The molecule has 2 aromatic rings. The van der Waals surface area contributed by atoms with Gasteiger partial charge < -0.3 is 14.4 Å². The van der Waals surface area contributed by atoms with Gasteiger partial charge in [-0.05, 0) is 45.0 Å². The summed E-state index contributed by atoms with van der Waals surface area (Å²) in [5.74, 6) is 0.816. The highest BCUT2D eigenvalue weighted by Crippen LogP contribution is 2.27. The first-order valence-corrected chi connectivity index (χ1v) is 9.04. The third-order valence-electron chi connectivity index (χ3n) is 3.82. The maximum Gasteiger partial charge on any atom is 0.273 e. The van der Waals surface area contributed by atoms with Crippen LogP contribution < -0.4 is 4.74 Å². The van der Waals surface area contributed by atoms with Crippen molar-refractivity contribution in [2.24, 2.45) is 0 Å². The molecule has 1 saturated heterocycles. The second kappa shape index (κ2) is 7.32. The molecule has 2 heterocycles. The number of carbonyl (C=O) groups excluding carboxylic acids is 1. The summed E-state index contributed by atoms with van der Waals surface area (Å²) >= 11 is 1.49. The van der Waals surface area contributed by atoms with Crippen LogP contribution in [0.3, 0.4) is 0 Å². The molecule has 24 heavy (non-hydrogen) atoms. The maximum atomic E-state index is 12.6. The van der Waals surface area contributed by atoms with E-state index in [0.717, 1.165) is 16.3 Å². The topological polar surface area (TPSA) is 51.7 Å². The Morgan fingerprint density at radius 1 is 1.38 bits per heavy atom. The van der Waals surface area contributed by atoms with Gasteiger partial charge in [0.25, 0.3) is 5.91 Å². The van der Waals surface area contributed by atoms with Gasteiger partial charge in [0, 0.05) is 17.5 Å². The third kappa shape index (κ3) is 3.76. The molecule has 0 N–H and O–H groups in total. The van der Waals surface area contributed by atoms with Crippen LogP contribution in [0.25, 0.3) is 10.6 Å². The normalized spacial score (nSPS) is 18.0. The summed E-state index contributed by atoms with van der Waals surface area (Å²) in [6.07, 6.45) is 0.149. The molecule has 6 heteroatoms. The molecule has 1 fully saturated rings. The van der Waals surface area contributed by atoms with Crippen LogP contribution in [0.1, 0.15) is 31.3 Å². The number of rotatable bonds is 4. The predicted molar refractivity (Wildman–Crippen MR) is 94.6 cm³/mol. The summed E-state index contributed by atoms with van der Waals surface area (Å²) in [5, 5.41) is 2.67. The van der Waals surface area contributed by atoms with Crippen LogP contribution in [0.5, 0.6) is 5.75 Å². The number of morpholine rings is 1. The van der Waals surface area contributed by atoms with Gasteiger partial charge in [0.1, 0.15) is 16.5 Å². The van der Waals surface area contributed by atoms with Crippen molar-refractivity contribution in [3.05, 3.63) is 35.3 Å². The average Bonchev–Trinajstić information content (AvgIpc) is 3.05. The Kier molecular flexibility index (Phi) is 5.16. The van der Waals surface area contributed by atoms with E-state index < -0.39 is 0 Å². The van der Waals surface area contributed by atoms with E-state index in [-0.39, 0.29) is 18.1 Å². The van der Waals surface area contributed by atoms with E-state index >= 15 is 0 Å². The van der Waals surface area contributed by atoms with Gasteiger partial charge in [-0.1, -0.05) is 0 Å². The molecule has 1 aromatic carbocycles. The van der Waals surface area contributed by atoms with Gasteiger partial charge in [-0.15, -0.1) is 11.3 Å². The number of thiazole rings is 1. The summed E-state index contributed by atoms with van der Waals surface area (Å²) in [7, 11) is 0. The Balaban J connectivity index is 1.74. The Morgan fingerprint density at radius 2 is 2.12 bits per heavy atom. The number of benzene rings is 1. The van der Waals surface area contributed by atoms with E-state index in [0.29, 0.717) is 25.5 Å². The number of aromatic nitrogens is 1. The zero-order valence-electron chi connectivity index (χ0n) is 14.2. The molecule has 5 nitrogen and oxygen atoms in total. The van der Waals surface area contributed by atoms with Crippen LogP contribution in [0.4, 0.5) is 0 Å². The van der Waals surface area contributed by atoms with E-state index in [9.17, 15) is 4.79 Å². The molecular formula is C18H22N2O3S. The van der Waals surface area contributed by atoms with Gasteiger partial charge in [-0.2, -0.15) is 0 Å². The van der Waals surface area contributed by atoms with E-state index in [4.69, 9.17) is 9.47 Å². The molecule has 1 aromatic heterocycles. The van der Waals surface area contributed by atoms with Gasteiger partial charge in [0.2, 0.25) is 0 Å². The van der Waals surface area contributed by atoms with Gasteiger partial charge in [-0.25, -0.2) is 4.98 Å². The molecule has 1 atom stereocenters. The highest BCUT2D eigenvalue weighted by atomic mass is 32.1. The fourth-order valence-electron chi connectivity index (χ4n) is 2.63. The van der Waals surface area contributed by atoms with Crippen molar-refractivity contribution < 1.29 is 14.3 Å². The first-order chi connectivity index (χ1) is 11.5. The predicted octanol–water partition coefficient (Wildman–Crippen LogP) is 3.46. The molecular weight excluding hydrogens is 324 g/mol. The van der Waals surface area contributed by atoms with Gasteiger partial charge in [0.05, 0.1) is 25.4 Å². The zero-order valence-corrected chi connectivity index (χ0v) is 15.0. The lowest BCUT2D eigenvalue weighted by Gasteiger charge is -2.32. The molecule has 1 aliphatic heterocycles. The highest BCUT2D eigenvalue weighted by molar-refractivity contribution is 7.13. The monoisotopic (exact) mass is 346 g/mol. The lowest BCUT2D eigenvalue weighted by atomic mass is 10.2. The van der Waals surface area contributed by atoms with E-state index in [2.05, 4.69) is 4.98 Å². The second-order valence-electron chi connectivity index (χ2n) is 6.15. The van der Waals surface area contributed by atoms with Gasteiger partial charge in [0.15, 0.2) is 0 Å². The molecule has 0 saturated carbocycles. The maximum absolute atomic E-state index is 12.6. The second-order valence-corrected chi connectivity index (χ2v) is 7.01. The minimum absolute atomic E-state index is 0.0203. The minimum atomic E-state index is -0.0203. The van der Waals surface area contributed by atoms with Crippen LogP contribution in [0.15, 0.2) is 29.6 Å². The van der Waals surface area contributed by atoms with Crippen molar-refractivity contribution >= 4 is 17.2 Å². The number of carbonyl (C=O) groups is 1. The third-order valence-corrected chi connectivity index (χ3v) is 4.72. The SMILES string of the molecule is CC(C)Oc1ccc(-c2nc(C(=O)N3CCOCC3C)cs2)cc1. The number of hydrogen-bond acceptors (Lipinski definition) is 5. The number of amides is 1. The molecule has 3 rings (SSSR count). The van der Waals surface area contributed by atoms with Crippen LogP contribution in [0, 0.1) is 0 Å². The molecule has 0 radical (unpaired) electrons. The molecule has 0 bridgehead atoms. The molecule has 1 amide bonds. The van der Waals surface area contributed by atoms with Crippen LogP contribution in [-0.2, 0) is 4.74 Å². The summed E-state index contributed by atoms with van der Waals surface area (Å²) in [5.41, 5.74) is 1.50. The van der Waals surface area contributed by atoms with Crippen LogP contribution >= 0.6 is 11.3 Å². The summed E-state index contributed by atoms with van der Waals surface area (Å²) < 4.78 is 11.0. The lowest BCUT2D eigenvalue weighted by molar-refractivity contribution is 0.00332. The van der Waals surface area contributed by atoms with E-state index in [1.165, 1.54) is 11.3 Å². The molecule has 0 spiro atoms. The molecule has 1 unspecified atom stereocenters. The Morgan fingerprint density at radius 3 is 2.79 bits per heavy atom. The summed E-state index contributed by atoms with van der Waals surface area (Å²) in [6, 6.07) is 7.90. The summed E-state index contributed by atoms with van der Waals surface area (Å²) in [4.78, 5) is 19.0. The number of hydrogen-bond donors (Lipinski definition) is 0. The van der Waals surface area contributed by atoms with E-state index in [1.54, 1.807) is 0 Å². The van der Waals surface area contributed by atoms with Crippen molar-refractivity contribution in [2.75, 3.05) is 19.8 Å². The lowest BCUT2D eigenvalue weighted by Crippen LogP contribution is -2.47. The largest absolute Gasteiger partial charge is 0.491 e. The van der Waals surface area contributed by atoms with Crippen molar-refractivity contribution in [1.82, 2.24) is 9.88 Å². The Bertz CT molecular complexity index is 697. The number of ether oxygens (including phenoxy) is 2. The van der Waals surface area contributed by atoms with Crippen LogP contribution in [-0.4, -0.2) is 47.7 Å². The van der Waals surface area contributed by atoms with Crippen LogP contribution in [0.2, 0.25) is 0 Å². The smallest absolute Gasteiger partial charge is 0.273 e. The molecule has 128 valence electrons. The van der Waals surface area contributed by atoms with Gasteiger partial charge >= 0.3 is 0 Å². The van der Waals surface area contributed by atoms with Crippen molar-refractivity contribution in [1.29, 1.82) is 0 Å². The van der Waals surface area contributed by atoms with Crippen molar-refractivity contribution in [3.8, 4) is 16.3 Å². The molecule has 0 aliphatic carbocycles. The first-order valence-electron chi connectivity index (χ1n) is 8.16. The average molecular weight is 346 g/mol. The fourth-order valence-corrected chi connectivity index (χ4v) is 3.43. The van der Waals surface area contributed by atoms with Crippen molar-refractivity contribution in [3.63, 3.8) is 0 Å². The zero-order chi connectivity index (χ0) is 17.1.